The molecule has 6 nitrogen and oxygen atoms in total. The number of nitrogens with two attached hydrogens (primary N) is 1. The summed E-state index contributed by atoms with van der Waals surface area (Å²) in [7, 11) is 0. The Balaban J connectivity index is 2.83. The van der Waals surface area contributed by atoms with Gasteiger partial charge in [0.05, 0.1) is 13.2 Å². The molecule has 13 heavy (non-hydrogen) atoms. The first-order chi connectivity index (χ1) is 6.26. The van der Waals surface area contributed by atoms with Gasteiger partial charge in [0.2, 0.25) is 5.95 Å². The second-order valence-electron chi connectivity index (χ2n) is 2.47. The summed E-state index contributed by atoms with van der Waals surface area (Å²) in [5.74, 6) is 1.04. The Hall–Kier alpha value is -1.27. The SMILES string of the molecule is Nc1nc(CCO)nc(CCO)n1. The van der Waals surface area contributed by atoms with Crippen LogP contribution in [0.4, 0.5) is 5.95 Å². The number of nitrogen functional groups attached to an aromatic ring is 1. The first-order valence-electron chi connectivity index (χ1n) is 3.97. The van der Waals surface area contributed by atoms with E-state index in [0.29, 0.717) is 24.5 Å². The van der Waals surface area contributed by atoms with Gasteiger partial charge >= 0.3 is 0 Å². The quantitative estimate of drug-likeness (QED) is 0.527. The van der Waals surface area contributed by atoms with Gasteiger partial charge in [0, 0.05) is 12.8 Å². The molecule has 6 heteroatoms. The molecule has 1 heterocycles. The van der Waals surface area contributed by atoms with Crippen LogP contribution in [0, 0.1) is 0 Å². The van der Waals surface area contributed by atoms with E-state index in [1.165, 1.54) is 0 Å². The number of nitrogens with zero attached hydrogens (tertiary/aromatic N) is 3. The second kappa shape index (κ2) is 4.68. The van der Waals surface area contributed by atoms with E-state index >= 15 is 0 Å². The summed E-state index contributed by atoms with van der Waals surface area (Å²) in [4.78, 5) is 11.6. The van der Waals surface area contributed by atoms with Gasteiger partial charge in [0.25, 0.3) is 0 Å². The number of aliphatic hydroxyl groups excluding tert-OH is 2. The second-order valence-corrected chi connectivity index (χ2v) is 2.47. The van der Waals surface area contributed by atoms with Crippen LogP contribution in [0.5, 0.6) is 0 Å². The van der Waals surface area contributed by atoms with Crippen molar-refractivity contribution in [1.82, 2.24) is 15.0 Å². The van der Waals surface area contributed by atoms with E-state index in [1.807, 2.05) is 0 Å². The highest BCUT2D eigenvalue weighted by Crippen LogP contribution is 1.98. The zero-order valence-corrected chi connectivity index (χ0v) is 7.14. The van der Waals surface area contributed by atoms with Crippen molar-refractivity contribution in [2.75, 3.05) is 18.9 Å². The highest BCUT2D eigenvalue weighted by Gasteiger charge is 2.02. The number of anilines is 1. The van der Waals surface area contributed by atoms with Crippen LogP contribution >= 0.6 is 0 Å². The van der Waals surface area contributed by atoms with Crippen molar-refractivity contribution >= 4 is 5.95 Å². The van der Waals surface area contributed by atoms with Crippen LogP contribution in [0.2, 0.25) is 0 Å². The summed E-state index contributed by atoms with van der Waals surface area (Å²) < 4.78 is 0. The minimum absolute atomic E-state index is 0.0258. The van der Waals surface area contributed by atoms with Gasteiger partial charge in [-0.15, -0.1) is 0 Å². The molecule has 1 rings (SSSR count). The lowest BCUT2D eigenvalue weighted by atomic mass is 10.4. The van der Waals surface area contributed by atoms with Crippen molar-refractivity contribution in [2.24, 2.45) is 0 Å². The molecule has 72 valence electrons. The van der Waals surface area contributed by atoms with Crippen molar-refractivity contribution in [1.29, 1.82) is 0 Å². The molecule has 0 amide bonds. The Morgan fingerprint density at radius 1 is 0.923 bits per heavy atom. The molecular weight excluding hydrogens is 172 g/mol. The van der Waals surface area contributed by atoms with Crippen molar-refractivity contribution in [3.05, 3.63) is 11.6 Å². The average molecular weight is 184 g/mol. The molecular formula is C7H12N4O2. The monoisotopic (exact) mass is 184 g/mol. The van der Waals surface area contributed by atoms with Crippen molar-refractivity contribution in [2.45, 2.75) is 12.8 Å². The summed E-state index contributed by atoms with van der Waals surface area (Å²) in [6.07, 6.45) is 0.705. The fourth-order valence-corrected chi connectivity index (χ4v) is 0.912. The largest absolute Gasteiger partial charge is 0.396 e. The van der Waals surface area contributed by atoms with E-state index < -0.39 is 0 Å². The summed E-state index contributed by atoms with van der Waals surface area (Å²) in [5.41, 5.74) is 5.39. The highest BCUT2D eigenvalue weighted by molar-refractivity contribution is 5.16. The molecule has 0 aliphatic heterocycles. The van der Waals surface area contributed by atoms with Gasteiger partial charge in [-0.2, -0.15) is 9.97 Å². The Bertz CT molecular complexity index is 255. The number of aliphatic hydroxyl groups is 2. The molecule has 0 bridgehead atoms. The minimum Gasteiger partial charge on any atom is -0.396 e. The van der Waals surface area contributed by atoms with Crippen molar-refractivity contribution in [3.63, 3.8) is 0 Å². The lowest BCUT2D eigenvalue weighted by Crippen LogP contribution is -2.09. The molecule has 0 aliphatic carbocycles. The summed E-state index contributed by atoms with van der Waals surface area (Å²) in [6, 6.07) is 0. The number of aromatic nitrogens is 3. The van der Waals surface area contributed by atoms with Crippen LogP contribution in [0.15, 0.2) is 0 Å². The molecule has 1 aromatic rings. The van der Waals surface area contributed by atoms with Crippen LogP contribution < -0.4 is 5.73 Å². The molecule has 0 spiro atoms. The Morgan fingerprint density at radius 3 is 1.77 bits per heavy atom. The number of hydrogen-bond donors (Lipinski definition) is 3. The third-order valence-corrected chi connectivity index (χ3v) is 1.42. The van der Waals surface area contributed by atoms with E-state index in [9.17, 15) is 0 Å². The van der Waals surface area contributed by atoms with Crippen LogP contribution in [0.25, 0.3) is 0 Å². The third-order valence-electron chi connectivity index (χ3n) is 1.42. The Morgan fingerprint density at radius 2 is 1.38 bits per heavy atom. The van der Waals surface area contributed by atoms with Crippen LogP contribution in [-0.2, 0) is 12.8 Å². The molecule has 0 fully saturated rings. The van der Waals surface area contributed by atoms with Gasteiger partial charge in [-0.3, -0.25) is 0 Å². The molecule has 0 saturated carbocycles. The van der Waals surface area contributed by atoms with E-state index in [-0.39, 0.29) is 19.2 Å². The summed E-state index contributed by atoms with van der Waals surface area (Å²) in [5, 5.41) is 17.3. The first-order valence-corrected chi connectivity index (χ1v) is 3.97. The number of hydrogen-bond acceptors (Lipinski definition) is 6. The fraction of sp³-hybridized carbons (Fsp3) is 0.571. The first kappa shape index (κ1) is 9.82. The molecule has 0 radical (unpaired) electrons. The van der Waals surface area contributed by atoms with Crippen LogP contribution in [0.3, 0.4) is 0 Å². The lowest BCUT2D eigenvalue weighted by molar-refractivity contribution is 0.292. The third kappa shape index (κ3) is 2.92. The van der Waals surface area contributed by atoms with Gasteiger partial charge in [0.1, 0.15) is 11.6 Å². The molecule has 1 aromatic heterocycles. The molecule has 0 saturated heterocycles. The number of rotatable bonds is 4. The normalized spacial score (nSPS) is 10.3. The molecule has 0 aliphatic rings. The summed E-state index contributed by atoms with van der Waals surface area (Å²) in [6.45, 7) is -0.0516. The van der Waals surface area contributed by atoms with Gasteiger partial charge < -0.3 is 15.9 Å². The predicted octanol–water partition coefficient (Wildman–Crippen LogP) is -1.48. The maximum atomic E-state index is 8.64. The lowest BCUT2D eigenvalue weighted by Gasteiger charge is -2.01. The maximum absolute atomic E-state index is 8.64. The van der Waals surface area contributed by atoms with E-state index in [4.69, 9.17) is 15.9 Å². The highest BCUT2D eigenvalue weighted by atomic mass is 16.3. The molecule has 4 N–H and O–H groups in total. The van der Waals surface area contributed by atoms with E-state index in [0.717, 1.165) is 0 Å². The van der Waals surface area contributed by atoms with Gasteiger partial charge in [0.15, 0.2) is 0 Å². The molecule has 0 atom stereocenters. The van der Waals surface area contributed by atoms with Crippen LogP contribution in [0.1, 0.15) is 11.6 Å². The maximum Gasteiger partial charge on any atom is 0.223 e. The van der Waals surface area contributed by atoms with Gasteiger partial charge in [-0.25, -0.2) is 4.98 Å². The summed E-state index contributed by atoms with van der Waals surface area (Å²) >= 11 is 0. The van der Waals surface area contributed by atoms with Gasteiger partial charge in [-0.05, 0) is 0 Å². The zero-order valence-electron chi connectivity index (χ0n) is 7.14. The van der Waals surface area contributed by atoms with Gasteiger partial charge in [-0.1, -0.05) is 0 Å². The van der Waals surface area contributed by atoms with Crippen molar-refractivity contribution < 1.29 is 10.2 Å². The Labute approximate surface area is 75.5 Å². The predicted molar refractivity (Wildman–Crippen MR) is 45.8 cm³/mol. The average Bonchev–Trinajstić information content (AvgIpc) is 2.04. The standard InChI is InChI=1S/C7H12N4O2/c8-7-10-5(1-3-12)9-6(11-7)2-4-13/h12-13H,1-4H2,(H2,8,9,10,11). The Kier molecular flexibility index (Phi) is 3.53. The van der Waals surface area contributed by atoms with Crippen LogP contribution in [-0.4, -0.2) is 38.4 Å². The fourth-order valence-electron chi connectivity index (χ4n) is 0.912. The van der Waals surface area contributed by atoms with E-state index in [1.54, 1.807) is 0 Å². The smallest absolute Gasteiger partial charge is 0.223 e. The van der Waals surface area contributed by atoms with Crippen molar-refractivity contribution in [3.8, 4) is 0 Å². The zero-order chi connectivity index (χ0) is 9.68. The topological polar surface area (TPSA) is 105 Å². The molecule has 0 aromatic carbocycles. The molecule has 0 unspecified atom stereocenters. The van der Waals surface area contributed by atoms with E-state index in [2.05, 4.69) is 15.0 Å². The minimum atomic E-state index is -0.0258.